The lowest BCUT2D eigenvalue weighted by Crippen LogP contribution is -2.35. The Balaban J connectivity index is 0.00000225. The molecule has 146 valence electrons. The van der Waals surface area contributed by atoms with Gasteiger partial charge in [0.15, 0.2) is 0 Å². The van der Waals surface area contributed by atoms with Crippen molar-refractivity contribution in [2.45, 2.75) is 19.5 Å². The Labute approximate surface area is 172 Å². The van der Waals surface area contributed by atoms with E-state index in [-0.39, 0.29) is 18.3 Å². The molecule has 5 heteroatoms. The van der Waals surface area contributed by atoms with Crippen LogP contribution in [0.1, 0.15) is 27.4 Å². The molecule has 1 aliphatic heterocycles. The van der Waals surface area contributed by atoms with E-state index in [1.54, 1.807) is 0 Å². The first kappa shape index (κ1) is 20.2. The third-order valence-electron chi connectivity index (χ3n) is 4.93. The van der Waals surface area contributed by atoms with Crippen molar-refractivity contribution in [1.82, 2.24) is 9.80 Å². The molecule has 0 atom stereocenters. The van der Waals surface area contributed by atoms with Crippen LogP contribution in [0.4, 0.5) is 0 Å². The first-order valence-corrected chi connectivity index (χ1v) is 9.30. The molecular weight excluding hydrogens is 372 g/mol. The Bertz CT molecular complexity index is 933. The van der Waals surface area contributed by atoms with E-state index < -0.39 is 0 Å². The highest BCUT2D eigenvalue weighted by atomic mass is 35.5. The number of hydrogen-bond donors (Lipinski definition) is 0. The number of nitrogens with zero attached hydrogens (tertiary/aromatic N) is 2. The molecule has 4 nitrogen and oxygen atoms in total. The minimum Gasteiger partial charge on any atom is -0.463 e. The van der Waals surface area contributed by atoms with Crippen molar-refractivity contribution < 1.29 is 9.21 Å². The smallest absolute Gasteiger partial charge is 0.254 e. The maximum absolute atomic E-state index is 12.9. The number of halogens is 1. The van der Waals surface area contributed by atoms with E-state index >= 15 is 0 Å². The Hall–Kier alpha value is -2.56. The van der Waals surface area contributed by atoms with Gasteiger partial charge in [-0.15, -0.1) is 12.4 Å². The highest BCUT2D eigenvalue weighted by Crippen LogP contribution is 2.25. The van der Waals surface area contributed by atoms with E-state index in [0.717, 1.165) is 47.7 Å². The minimum atomic E-state index is 0. The molecule has 1 aromatic heterocycles. The standard InChI is InChI=1S/C23H24N2O2.ClH/c1-24(2)15-21-14-20-12-13-25(16-22(20)27-21)23(26)19-10-8-18(9-11-19)17-6-4-3-5-7-17;/h3-11,14H,12-13,15-16H2,1-2H3;1H. The minimum absolute atomic E-state index is 0. The molecule has 0 saturated carbocycles. The molecule has 2 aromatic carbocycles. The Morgan fingerprint density at radius 3 is 2.39 bits per heavy atom. The van der Waals surface area contributed by atoms with Crippen molar-refractivity contribution in [2.24, 2.45) is 0 Å². The highest BCUT2D eigenvalue weighted by molar-refractivity contribution is 5.94. The molecule has 2 heterocycles. The molecule has 1 amide bonds. The van der Waals surface area contributed by atoms with Crippen LogP contribution in [-0.4, -0.2) is 36.3 Å². The van der Waals surface area contributed by atoms with Crippen LogP contribution in [0.3, 0.4) is 0 Å². The second-order valence-electron chi connectivity index (χ2n) is 7.32. The van der Waals surface area contributed by atoms with Crippen molar-refractivity contribution in [2.75, 3.05) is 20.6 Å². The van der Waals surface area contributed by atoms with Gasteiger partial charge >= 0.3 is 0 Å². The summed E-state index contributed by atoms with van der Waals surface area (Å²) in [5.74, 6) is 1.95. The zero-order chi connectivity index (χ0) is 18.8. The van der Waals surface area contributed by atoms with Crippen molar-refractivity contribution in [1.29, 1.82) is 0 Å². The van der Waals surface area contributed by atoms with Crippen LogP contribution in [0.25, 0.3) is 11.1 Å². The quantitative estimate of drug-likeness (QED) is 0.645. The van der Waals surface area contributed by atoms with Crippen molar-refractivity contribution in [3.05, 3.63) is 83.3 Å². The first-order chi connectivity index (χ1) is 13.1. The van der Waals surface area contributed by atoms with E-state index in [0.29, 0.717) is 6.54 Å². The zero-order valence-corrected chi connectivity index (χ0v) is 17.0. The van der Waals surface area contributed by atoms with Crippen LogP contribution in [-0.2, 0) is 19.5 Å². The second kappa shape index (κ2) is 8.63. The van der Waals surface area contributed by atoms with Gasteiger partial charge in [-0.05, 0) is 55.4 Å². The first-order valence-electron chi connectivity index (χ1n) is 9.30. The predicted molar refractivity (Wildman–Crippen MR) is 114 cm³/mol. The molecule has 0 N–H and O–H groups in total. The van der Waals surface area contributed by atoms with Gasteiger partial charge in [-0.25, -0.2) is 0 Å². The van der Waals surface area contributed by atoms with E-state index in [4.69, 9.17) is 4.42 Å². The molecule has 0 aliphatic carbocycles. The summed E-state index contributed by atoms with van der Waals surface area (Å²) >= 11 is 0. The van der Waals surface area contributed by atoms with Gasteiger partial charge in [-0.3, -0.25) is 4.79 Å². The molecular formula is C23H25ClN2O2. The highest BCUT2D eigenvalue weighted by Gasteiger charge is 2.25. The fraction of sp³-hybridized carbons (Fsp3) is 0.261. The van der Waals surface area contributed by atoms with Crippen molar-refractivity contribution in [3.8, 4) is 11.1 Å². The molecule has 1 aliphatic rings. The average molecular weight is 397 g/mol. The van der Waals surface area contributed by atoms with Crippen LogP contribution in [0.2, 0.25) is 0 Å². The Morgan fingerprint density at radius 2 is 1.71 bits per heavy atom. The fourth-order valence-electron chi connectivity index (χ4n) is 3.56. The molecule has 0 bridgehead atoms. The van der Waals surface area contributed by atoms with Gasteiger partial charge in [-0.1, -0.05) is 42.5 Å². The number of carbonyl (C=O) groups is 1. The summed E-state index contributed by atoms with van der Waals surface area (Å²) in [4.78, 5) is 16.9. The van der Waals surface area contributed by atoms with Crippen LogP contribution in [0.15, 0.2) is 65.1 Å². The lowest BCUT2D eigenvalue weighted by Gasteiger charge is -2.26. The van der Waals surface area contributed by atoms with Gasteiger partial charge in [0.25, 0.3) is 5.91 Å². The molecule has 0 saturated heterocycles. The van der Waals surface area contributed by atoms with Gasteiger partial charge in [0, 0.05) is 12.1 Å². The summed E-state index contributed by atoms with van der Waals surface area (Å²) < 4.78 is 5.97. The number of fused-ring (bicyclic) bond motifs is 1. The number of carbonyl (C=O) groups excluding carboxylic acids is 1. The van der Waals surface area contributed by atoms with Gasteiger partial charge in [0.1, 0.15) is 11.5 Å². The van der Waals surface area contributed by atoms with Crippen LogP contribution >= 0.6 is 12.4 Å². The molecule has 3 aromatic rings. The van der Waals surface area contributed by atoms with Gasteiger partial charge in [0.2, 0.25) is 0 Å². The monoisotopic (exact) mass is 396 g/mol. The number of hydrogen-bond acceptors (Lipinski definition) is 3. The maximum Gasteiger partial charge on any atom is 0.254 e. The van der Waals surface area contributed by atoms with E-state index in [1.807, 2.05) is 61.5 Å². The zero-order valence-electron chi connectivity index (χ0n) is 16.2. The van der Waals surface area contributed by atoms with Gasteiger partial charge < -0.3 is 14.2 Å². The number of furan rings is 1. The molecule has 28 heavy (non-hydrogen) atoms. The van der Waals surface area contributed by atoms with Crippen molar-refractivity contribution >= 4 is 18.3 Å². The lowest BCUT2D eigenvalue weighted by atomic mass is 10.0. The molecule has 4 rings (SSSR count). The molecule has 0 unspecified atom stereocenters. The molecule has 0 radical (unpaired) electrons. The van der Waals surface area contributed by atoms with Crippen LogP contribution < -0.4 is 0 Å². The third kappa shape index (κ3) is 4.29. The summed E-state index contributed by atoms with van der Waals surface area (Å²) in [7, 11) is 4.05. The topological polar surface area (TPSA) is 36.7 Å². The third-order valence-corrected chi connectivity index (χ3v) is 4.93. The van der Waals surface area contributed by atoms with E-state index in [1.165, 1.54) is 5.56 Å². The second-order valence-corrected chi connectivity index (χ2v) is 7.32. The van der Waals surface area contributed by atoms with E-state index in [2.05, 4.69) is 23.1 Å². The normalized spacial score (nSPS) is 13.2. The Kier molecular flexibility index (Phi) is 6.22. The molecule has 0 spiro atoms. The summed E-state index contributed by atoms with van der Waals surface area (Å²) in [6.45, 7) is 2.05. The fourth-order valence-corrected chi connectivity index (χ4v) is 3.56. The number of amides is 1. The van der Waals surface area contributed by atoms with Crippen molar-refractivity contribution in [3.63, 3.8) is 0 Å². The summed E-state index contributed by atoms with van der Waals surface area (Å²) in [5, 5.41) is 0. The van der Waals surface area contributed by atoms with Gasteiger partial charge in [0.05, 0.1) is 13.1 Å². The maximum atomic E-state index is 12.9. The predicted octanol–water partition coefficient (Wildman–Crippen LogP) is 4.63. The lowest BCUT2D eigenvalue weighted by molar-refractivity contribution is 0.0719. The summed E-state index contributed by atoms with van der Waals surface area (Å²) in [5.41, 5.74) is 4.23. The van der Waals surface area contributed by atoms with Crippen LogP contribution in [0.5, 0.6) is 0 Å². The number of rotatable bonds is 4. The van der Waals surface area contributed by atoms with Gasteiger partial charge in [-0.2, -0.15) is 0 Å². The Morgan fingerprint density at radius 1 is 1.04 bits per heavy atom. The summed E-state index contributed by atoms with van der Waals surface area (Å²) in [6, 6.07) is 20.2. The van der Waals surface area contributed by atoms with Crippen LogP contribution in [0, 0.1) is 0 Å². The van der Waals surface area contributed by atoms with E-state index in [9.17, 15) is 4.79 Å². The summed E-state index contributed by atoms with van der Waals surface area (Å²) in [6.07, 6.45) is 0.847. The largest absolute Gasteiger partial charge is 0.463 e. The average Bonchev–Trinajstić information content (AvgIpc) is 3.09. The molecule has 0 fully saturated rings. The SMILES string of the molecule is CN(C)Cc1cc2c(o1)CN(C(=O)c1ccc(-c3ccccc3)cc1)CC2.Cl. The number of benzene rings is 2.